The number of carbonyl (C=O) groups excluding carboxylic acids is 5. The smallest absolute Gasteiger partial charge is 0.303 e. The molecule has 2 aliphatic rings. The second-order valence-corrected chi connectivity index (χ2v) is 12.6. The number of aliphatic carboxylic acids is 1. The molecule has 272 valence electrons. The molecule has 1 saturated heterocycles. The summed E-state index contributed by atoms with van der Waals surface area (Å²) in [5, 5.41) is 31.8. The quantitative estimate of drug-likeness (QED) is 0.149. The predicted molar refractivity (Wildman–Crippen MR) is 180 cm³/mol. The summed E-state index contributed by atoms with van der Waals surface area (Å²) in [5.41, 5.74) is 6.63. The lowest BCUT2D eigenvalue weighted by molar-refractivity contribution is -0.137. The van der Waals surface area contributed by atoms with Gasteiger partial charge in [0.15, 0.2) is 5.78 Å². The van der Waals surface area contributed by atoms with Crippen molar-refractivity contribution >= 4 is 41.1 Å². The van der Waals surface area contributed by atoms with Crippen LogP contribution in [-0.2, 0) is 24.0 Å². The van der Waals surface area contributed by atoms with Crippen molar-refractivity contribution < 1.29 is 38.6 Å². The van der Waals surface area contributed by atoms with Crippen LogP contribution in [0.15, 0.2) is 24.4 Å². The molecule has 0 unspecified atom stereocenters. The van der Waals surface area contributed by atoms with E-state index in [0.717, 1.165) is 31.6 Å². The normalized spacial score (nSPS) is 21.3. The number of anilines is 1. The van der Waals surface area contributed by atoms with E-state index in [-0.39, 0.29) is 54.6 Å². The first-order valence-electron chi connectivity index (χ1n) is 17.0. The summed E-state index contributed by atoms with van der Waals surface area (Å²) in [6, 6.07) is 0.293. The van der Waals surface area contributed by atoms with Crippen molar-refractivity contribution in [1.29, 1.82) is 0 Å². The van der Waals surface area contributed by atoms with Crippen molar-refractivity contribution in [2.75, 3.05) is 31.6 Å². The first kappa shape index (κ1) is 37.9. The second kappa shape index (κ2) is 18.2. The van der Waals surface area contributed by atoms with E-state index in [4.69, 9.17) is 10.5 Å². The third-order valence-electron chi connectivity index (χ3n) is 8.87. The molecule has 4 rings (SSSR count). The Morgan fingerprint density at radius 3 is 2.46 bits per heavy atom. The molecule has 1 fully saturated rings. The number of rotatable bonds is 12. The van der Waals surface area contributed by atoms with Gasteiger partial charge in [-0.15, -0.1) is 5.10 Å². The number of unbranched alkanes of at least 4 members (excludes halogenated alkanes) is 1. The molecule has 2 aliphatic heterocycles. The number of nitrogens with two attached hydrogens (primary N) is 1. The van der Waals surface area contributed by atoms with Gasteiger partial charge in [-0.1, -0.05) is 5.21 Å². The van der Waals surface area contributed by atoms with Gasteiger partial charge in [0, 0.05) is 30.6 Å². The number of Topliss-reactive ketones (excluding diaryl/α,β-unsaturated/α-hetero) is 1. The fourth-order valence-corrected chi connectivity index (χ4v) is 5.80. The monoisotopic (exact) mass is 697 g/mol. The fourth-order valence-electron chi connectivity index (χ4n) is 5.80. The Bertz CT molecular complexity index is 1540. The van der Waals surface area contributed by atoms with Crippen molar-refractivity contribution in [3.05, 3.63) is 35.7 Å². The minimum absolute atomic E-state index is 0.0440. The Hall–Kier alpha value is -4.90. The van der Waals surface area contributed by atoms with Crippen LogP contribution in [0.2, 0.25) is 0 Å². The highest BCUT2D eigenvalue weighted by atomic mass is 16.5. The predicted octanol–water partition coefficient (Wildman–Crippen LogP) is 0.378. The van der Waals surface area contributed by atoms with Gasteiger partial charge in [0.05, 0.1) is 23.9 Å². The van der Waals surface area contributed by atoms with Gasteiger partial charge in [0.25, 0.3) is 5.91 Å². The van der Waals surface area contributed by atoms with Crippen LogP contribution >= 0.6 is 0 Å². The second-order valence-electron chi connectivity index (χ2n) is 12.6. The number of nitrogens with zero attached hydrogens (tertiary/aromatic N) is 3. The van der Waals surface area contributed by atoms with E-state index in [1.165, 1.54) is 29.8 Å². The summed E-state index contributed by atoms with van der Waals surface area (Å²) < 4.78 is 7.40. The van der Waals surface area contributed by atoms with Gasteiger partial charge in [-0.2, -0.15) is 0 Å². The Kier molecular flexibility index (Phi) is 13.8. The van der Waals surface area contributed by atoms with Crippen molar-refractivity contribution in [3.63, 3.8) is 0 Å². The molecular formula is C33H47N9O8. The third kappa shape index (κ3) is 10.5. The molecule has 17 nitrogen and oxygen atoms in total. The number of benzene rings is 1. The Morgan fingerprint density at radius 1 is 1.04 bits per heavy atom. The molecule has 1 aromatic heterocycles. The standard InChI is InChI=1S/C33H47N9O8/c1-19(42-18-27(40-41-42)21-10-14-35-15-11-21)30(46)36-22-6-8-28-23(17-22)31(47)38-26(7-9-29(44)45)33(49)39-25(5-3-4-13-34)32(48)37-24(20(2)43)12-16-50-28/h6,8,17-19,21,24-26,35H,3-5,7,9-16,34H2,1-2H3,(H,36,46)(H,37,48)(H,38,47)(H,39,49)(H,44,45)/t19-,24-,25-,26-/m0/s1. The molecule has 4 amide bonds. The SMILES string of the molecule is CC(=O)[C@@H]1CCOc2ccc(NC(=O)[C@H](C)n3cc(C4CCNCC4)nn3)cc2C(=O)N[C@@H](CCC(=O)O)C(=O)N[C@@H](CCCCN)C(=O)N1. The Morgan fingerprint density at radius 2 is 1.76 bits per heavy atom. The molecule has 3 heterocycles. The lowest BCUT2D eigenvalue weighted by Gasteiger charge is -2.26. The number of fused-ring (bicyclic) bond motifs is 1. The van der Waals surface area contributed by atoms with Crippen LogP contribution in [0.3, 0.4) is 0 Å². The van der Waals surface area contributed by atoms with Crippen LogP contribution in [0, 0.1) is 0 Å². The van der Waals surface area contributed by atoms with Crippen LogP contribution in [0.5, 0.6) is 5.75 Å². The molecule has 17 heteroatoms. The molecule has 0 bridgehead atoms. The first-order chi connectivity index (χ1) is 24.0. The maximum atomic E-state index is 13.7. The summed E-state index contributed by atoms with van der Waals surface area (Å²) in [4.78, 5) is 77.7. The topological polar surface area (TPSA) is 249 Å². The summed E-state index contributed by atoms with van der Waals surface area (Å²) in [6.45, 7) is 5.07. The highest BCUT2D eigenvalue weighted by Gasteiger charge is 2.31. The molecular weight excluding hydrogens is 650 g/mol. The number of nitrogens with one attached hydrogen (secondary N) is 5. The van der Waals surface area contributed by atoms with Crippen LogP contribution in [0.25, 0.3) is 0 Å². The van der Waals surface area contributed by atoms with Crippen molar-refractivity contribution in [2.45, 2.75) is 95.3 Å². The average Bonchev–Trinajstić information content (AvgIpc) is 3.59. The summed E-state index contributed by atoms with van der Waals surface area (Å²) in [6.07, 6.45) is 4.24. The number of ketones is 1. The van der Waals surface area contributed by atoms with E-state index in [1.54, 1.807) is 13.1 Å². The number of piperidine rings is 1. The van der Waals surface area contributed by atoms with Crippen molar-refractivity contribution in [2.24, 2.45) is 5.73 Å². The first-order valence-corrected chi connectivity index (χ1v) is 17.0. The van der Waals surface area contributed by atoms with E-state index in [0.29, 0.717) is 19.4 Å². The van der Waals surface area contributed by atoms with Crippen molar-refractivity contribution in [3.8, 4) is 5.75 Å². The number of carboxylic acids is 1. The summed E-state index contributed by atoms with van der Waals surface area (Å²) in [7, 11) is 0. The minimum Gasteiger partial charge on any atom is -0.493 e. The van der Waals surface area contributed by atoms with Gasteiger partial charge in [-0.25, -0.2) is 4.68 Å². The van der Waals surface area contributed by atoms with E-state index in [2.05, 4.69) is 36.9 Å². The molecule has 0 radical (unpaired) electrons. The average molecular weight is 698 g/mol. The molecule has 8 N–H and O–H groups in total. The molecule has 0 spiro atoms. The zero-order valence-electron chi connectivity index (χ0n) is 28.4. The molecule has 0 saturated carbocycles. The largest absolute Gasteiger partial charge is 0.493 e. The maximum Gasteiger partial charge on any atom is 0.303 e. The van der Waals surface area contributed by atoms with Crippen LogP contribution in [-0.4, -0.2) is 99.8 Å². The number of ether oxygens (including phenoxy) is 1. The van der Waals surface area contributed by atoms with Gasteiger partial charge in [0.1, 0.15) is 23.9 Å². The number of carbonyl (C=O) groups is 6. The zero-order valence-corrected chi connectivity index (χ0v) is 28.4. The van der Waals surface area contributed by atoms with Gasteiger partial charge < -0.3 is 42.2 Å². The molecule has 4 atom stereocenters. The number of hydrogen-bond acceptors (Lipinski definition) is 11. The molecule has 50 heavy (non-hydrogen) atoms. The minimum atomic E-state index is -1.34. The van der Waals surface area contributed by atoms with Crippen LogP contribution in [0.1, 0.15) is 93.2 Å². The third-order valence-corrected chi connectivity index (χ3v) is 8.87. The van der Waals surface area contributed by atoms with Gasteiger partial charge in [-0.3, -0.25) is 28.8 Å². The number of amides is 4. The zero-order chi connectivity index (χ0) is 36.2. The van der Waals surface area contributed by atoms with E-state index < -0.39 is 60.2 Å². The number of carboxylic acid groups (broad SMARTS) is 1. The van der Waals surface area contributed by atoms with E-state index in [1.807, 2.05) is 0 Å². The fraction of sp³-hybridized carbons (Fsp3) is 0.576. The van der Waals surface area contributed by atoms with Crippen LogP contribution < -0.4 is 37.1 Å². The molecule has 0 aliphatic carbocycles. The molecule has 2 aromatic rings. The summed E-state index contributed by atoms with van der Waals surface area (Å²) >= 11 is 0. The van der Waals surface area contributed by atoms with Gasteiger partial charge in [0.2, 0.25) is 17.7 Å². The van der Waals surface area contributed by atoms with E-state index in [9.17, 15) is 33.9 Å². The molecule has 1 aromatic carbocycles. The van der Waals surface area contributed by atoms with Crippen molar-refractivity contribution in [1.82, 2.24) is 36.3 Å². The van der Waals surface area contributed by atoms with E-state index >= 15 is 0 Å². The Balaban J connectivity index is 1.59. The highest BCUT2D eigenvalue weighted by Crippen LogP contribution is 2.26. The summed E-state index contributed by atoms with van der Waals surface area (Å²) in [5.74, 6) is -3.75. The maximum absolute atomic E-state index is 13.7. The van der Waals surface area contributed by atoms with Crippen LogP contribution in [0.4, 0.5) is 5.69 Å². The van der Waals surface area contributed by atoms with Gasteiger partial charge in [-0.05, 0) is 90.2 Å². The highest BCUT2D eigenvalue weighted by molar-refractivity contribution is 6.02. The lowest BCUT2D eigenvalue weighted by atomic mass is 9.95. The number of aromatic nitrogens is 3. The van der Waals surface area contributed by atoms with Gasteiger partial charge >= 0.3 is 5.97 Å². The lowest BCUT2D eigenvalue weighted by Crippen LogP contribution is -2.56. The Labute approximate surface area is 289 Å². The number of hydrogen-bond donors (Lipinski definition) is 7.